The summed E-state index contributed by atoms with van der Waals surface area (Å²) in [4.78, 5) is 24.9. The van der Waals surface area contributed by atoms with Gasteiger partial charge in [0.15, 0.2) is 0 Å². The molecule has 1 saturated heterocycles. The minimum absolute atomic E-state index is 0.140. The maximum Gasteiger partial charge on any atom is 0.224 e. The molecule has 0 spiro atoms. The zero-order chi connectivity index (χ0) is 16.9. The molecule has 3 rings (SSSR count). The van der Waals surface area contributed by atoms with Gasteiger partial charge in [-0.05, 0) is 12.1 Å². The molecule has 0 aliphatic carbocycles. The Morgan fingerprint density at radius 3 is 3.04 bits per heavy atom. The predicted octanol–water partition coefficient (Wildman–Crippen LogP) is 1.33. The zero-order valence-corrected chi connectivity index (χ0v) is 14.1. The van der Waals surface area contributed by atoms with Crippen LogP contribution in [0.4, 0.5) is 5.82 Å². The normalized spacial score (nSPS) is 17.8. The molecule has 0 aromatic carbocycles. The number of aryl methyl sites for hydroxylation is 1. The number of carbonyl (C=O) groups excluding carboxylic acids is 1. The highest BCUT2D eigenvalue weighted by Gasteiger charge is 2.26. The molecule has 7 heteroatoms. The number of amides is 1. The summed E-state index contributed by atoms with van der Waals surface area (Å²) in [5.74, 6) is 1.03. The van der Waals surface area contributed by atoms with E-state index in [1.165, 1.54) is 0 Å². The van der Waals surface area contributed by atoms with Gasteiger partial charge < -0.3 is 19.1 Å². The van der Waals surface area contributed by atoms with Gasteiger partial charge >= 0.3 is 0 Å². The lowest BCUT2D eigenvalue weighted by atomic mass is 10.1. The van der Waals surface area contributed by atoms with E-state index in [1.54, 1.807) is 12.5 Å². The summed E-state index contributed by atoms with van der Waals surface area (Å²) in [6, 6.07) is 5.89. The van der Waals surface area contributed by atoms with E-state index in [2.05, 4.69) is 9.97 Å². The summed E-state index contributed by atoms with van der Waals surface area (Å²) < 4.78 is 7.75. The smallest absolute Gasteiger partial charge is 0.224 e. The van der Waals surface area contributed by atoms with Crippen LogP contribution >= 0.6 is 0 Å². The SMILES string of the molecule is CN(C)c1cccc([C@@H]2CN(C(=O)CCn3ccnc3)CCO2)n1. The molecule has 1 aliphatic heterocycles. The van der Waals surface area contributed by atoms with Crippen molar-refractivity contribution in [2.24, 2.45) is 0 Å². The summed E-state index contributed by atoms with van der Waals surface area (Å²) in [5, 5.41) is 0. The van der Waals surface area contributed by atoms with Crippen molar-refractivity contribution in [3.63, 3.8) is 0 Å². The number of pyridine rings is 1. The van der Waals surface area contributed by atoms with Crippen molar-refractivity contribution in [1.82, 2.24) is 19.4 Å². The average Bonchev–Trinajstić information content (AvgIpc) is 3.13. The second-order valence-electron chi connectivity index (χ2n) is 6.06. The van der Waals surface area contributed by atoms with Gasteiger partial charge in [-0.25, -0.2) is 9.97 Å². The van der Waals surface area contributed by atoms with Crippen LogP contribution in [0.15, 0.2) is 36.9 Å². The van der Waals surface area contributed by atoms with Gasteiger partial charge in [-0.2, -0.15) is 0 Å². The molecule has 7 nitrogen and oxygen atoms in total. The van der Waals surface area contributed by atoms with Gasteiger partial charge in [0, 0.05) is 46.0 Å². The van der Waals surface area contributed by atoms with E-state index >= 15 is 0 Å². The van der Waals surface area contributed by atoms with Gasteiger partial charge in [0.05, 0.1) is 25.2 Å². The minimum Gasteiger partial charge on any atom is -0.368 e. The van der Waals surface area contributed by atoms with Crippen molar-refractivity contribution in [1.29, 1.82) is 0 Å². The summed E-state index contributed by atoms with van der Waals surface area (Å²) in [6.07, 6.45) is 5.61. The number of nitrogens with zero attached hydrogens (tertiary/aromatic N) is 5. The fourth-order valence-corrected chi connectivity index (χ4v) is 2.72. The molecule has 128 valence electrons. The monoisotopic (exact) mass is 329 g/mol. The highest BCUT2D eigenvalue weighted by atomic mass is 16.5. The summed E-state index contributed by atoms with van der Waals surface area (Å²) in [7, 11) is 3.92. The Morgan fingerprint density at radius 2 is 2.29 bits per heavy atom. The average molecular weight is 329 g/mol. The lowest BCUT2D eigenvalue weighted by Crippen LogP contribution is -2.42. The quantitative estimate of drug-likeness (QED) is 0.828. The molecule has 0 bridgehead atoms. The van der Waals surface area contributed by atoms with Gasteiger partial charge in [0.2, 0.25) is 5.91 Å². The van der Waals surface area contributed by atoms with E-state index in [9.17, 15) is 4.79 Å². The Kier molecular flexibility index (Phi) is 5.10. The largest absolute Gasteiger partial charge is 0.368 e. The zero-order valence-electron chi connectivity index (χ0n) is 14.1. The van der Waals surface area contributed by atoms with Crippen molar-refractivity contribution in [3.8, 4) is 0 Å². The van der Waals surface area contributed by atoms with Crippen LogP contribution in [0, 0.1) is 0 Å². The van der Waals surface area contributed by atoms with E-state index in [1.807, 2.05) is 52.9 Å². The van der Waals surface area contributed by atoms with Gasteiger partial charge in [-0.1, -0.05) is 6.07 Å². The van der Waals surface area contributed by atoms with Crippen LogP contribution in [0.3, 0.4) is 0 Å². The number of hydrogen-bond donors (Lipinski definition) is 0. The number of anilines is 1. The molecule has 2 aromatic rings. The molecular formula is C17H23N5O2. The number of hydrogen-bond acceptors (Lipinski definition) is 5. The fourth-order valence-electron chi connectivity index (χ4n) is 2.72. The van der Waals surface area contributed by atoms with E-state index in [0.29, 0.717) is 32.7 Å². The molecule has 3 heterocycles. The van der Waals surface area contributed by atoms with Crippen LogP contribution in [0.2, 0.25) is 0 Å². The Morgan fingerprint density at radius 1 is 1.42 bits per heavy atom. The molecule has 1 amide bonds. The standard InChI is InChI=1S/C17H23N5O2/c1-20(2)16-5-3-4-14(19-16)15-12-22(10-11-24-15)17(23)6-8-21-9-7-18-13-21/h3-5,7,9,13,15H,6,8,10-12H2,1-2H3/t15-/m0/s1. The maximum atomic E-state index is 12.5. The van der Waals surface area contributed by atoms with Crippen LogP contribution in [0.5, 0.6) is 0 Å². The topological polar surface area (TPSA) is 63.5 Å². The Labute approximate surface area is 141 Å². The molecule has 0 N–H and O–H groups in total. The minimum atomic E-state index is -0.171. The third-order valence-corrected chi connectivity index (χ3v) is 4.11. The summed E-state index contributed by atoms with van der Waals surface area (Å²) >= 11 is 0. The molecule has 1 atom stereocenters. The van der Waals surface area contributed by atoms with Crippen LogP contribution in [0.25, 0.3) is 0 Å². The number of rotatable bonds is 5. The third-order valence-electron chi connectivity index (χ3n) is 4.11. The van der Waals surface area contributed by atoms with E-state index in [4.69, 9.17) is 4.74 Å². The van der Waals surface area contributed by atoms with Crippen molar-refractivity contribution in [3.05, 3.63) is 42.6 Å². The van der Waals surface area contributed by atoms with Gasteiger partial charge in [0.25, 0.3) is 0 Å². The first kappa shape index (κ1) is 16.4. The van der Waals surface area contributed by atoms with Crippen molar-refractivity contribution in [2.75, 3.05) is 38.7 Å². The van der Waals surface area contributed by atoms with Crippen molar-refractivity contribution in [2.45, 2.75) is 19.1 Å². The molecule has 24 heavy (non-hydrogen) atoms. The van der Waals surface area contributed by atoms with Crippen molar-refractivity contribution < 1.29 is 9.53 Å². The van der Waals surface area contributed by atoms with E-state index in [0.717, 1.165) is 11.5 Å². The maximum absolute atomic E-state index is 12.5. The van der Waals surface area contributed by atoms with Crippen LogP contribution in [-0.2, 0) is 16.1 Å². The molecule has 2 aromatic heterocycles. The number of carbonyl (C=O) groups is 1. The first-order valence-electron chi connectivity index (χ1n) is 8.13. The van der Waals surface area contributed by atoms with Gasteiger partial charge in [-0.3, -0.25) is 4.79 Å². The van der Waals surface area contributed by atoms with Gasteiger partial charge in [0.1, 0.15) is 11.9 Å². The van der Waals surface area contributed by atoms with Crippen molar-refractivity contribution >= 4 is 11.7 Å². The summed E-state index contributed by atoms with van der Waals surface area (Å²) in [5.41, 5.74) is 0.869. The molecular weight excluding hydrogens is 306 g/mol. The second kappa shape index (κ2) is 7.44. The molecule has 0 unspecified atom stereocenters. The van der Waals surface area contributed by atoms with Crippen LogP contribution < -0.4 is 4.90 Å². The van der Waals surface area contributed by atoms with Crippen LogP contribution in [-0.4, -0.2) is 59.1 Å². The predicted molar refractivity (Wildman–Crippen MR) is 90.7 cm³/mol. The second-order valence-corrected chi connectivity index (χ2v) is 6.06. The van der Waals surface area contributed by atoms with E-state index in [-0.39, 0.29) is 12.0 Å². The number of aromatic nitrogens is 3. The van der Waals surface area contributed by atoms with Crippen LogP contribution in [0.1, 0.15) is 18.2 Å². The Hall–Kier alpha value is -2.41. The fraction of sp³-hybridized carbons (Fsp3) is 0.471. The Bertz CT molecular complexity index is 671. The molecule has 1 fully saturated rings. The summed E-state index contributed by atoms with van der Waals surface area (Å²) in [6.45, 7) is 2.36. The van der Waals surface area contributed by atoms with Gasteiger partial charge in [-0.15, -0.1) is 0 Å². The molecule has 0 radical (unpaired) electrons. The number of morpholine rings is 1. The Balaban J connectivity index is 1.61. The third kappa shape index (κ3) is 3.91. The first-order valence-corrected chi connectivity index (χ1v) is 8.13. The number of ether oxygens (including phenoxy) is 1. The lowest BCUT2D eigenvalue weighted by molar-refractivity contribution is -0.139. The lowest BCUT2D eigenvalue weighted by Gasteiger charge is -2.33. The molecule has 1 aliphatic rings. The highest BCUT2D eigenvalue weighted by Crippen LogP contribution is 2.23. The highest BCUT2D eigenvalue weighted by molar-refractivity contribution is 5.76. The molecule has 0 saturated carbocycles. The van der Waals surface area contributed by atoms with E-state index < -0.39 is 0 Å². The number of imidazole rings is 1. The first-order chi connectivity index (χ1) is 11.6.